The molecule has 0 saturated carbocycles. The van der Waals surface area contributed by atoms with Gasteiger partial charge in [0.1, 0.15) is 18.3 Å². The molecule has 7 atom stereocenters. The van der Waals surface area contributed by atoms with Gasteiger partial charge < -0.3 is 24.1 Å². The topological polar surface area (TPSA) is 112 Å². The summed E-state index contributed by atoms with van der Waals surface area (Å²) >= 11 is 0. The van der Waals surface area contributed by atoms with Crippen molar-refractivity contribution in [2.75, 3.05) is 0 Å². The number of aliphatic hydroxyl groups is 1. The fourth-order valence-electron chi connectivity index (χ4n) is 4.78. The van der Waals surface area contributed by atoms with Crippen LogP contribution in [0.4, 0.5) is 0 Å². The van der Waals surface area contributed by atoms with E-state index >= 15 is 0 Å². The van der Waals surface area contributed by atoms with Gasteiger partial charge in [0, 0.05) is 26.2 Å². The SMILES string of the molecule is C=C(C)[C@@H]1C[C@H]2O[C@](O)(C1)C[C@@H](OC(C)=O)C(=O)/C=C(/C)C[C@@H]1OC(=O)[C@]23O[C@@H]13. The number of ketones is 1. The molecule has 0 aromatic carbocycles. The third-order valence-corrected chi connectivity index (χ3v) is 6.25. The zero-order chi connectivity index (χ0) is 21.1. The lowest BCUT2D eigenvalue weighted by Crippen LogP contribution is -2.54. The van der Waals surface area contributed by atoms with Gasteiger partial charge in [0.25, 0.3) is 0 Å². The van der Waals surface area contributed by atoms with Crippen molar-refractivity contribution in [2.45, 2.75) is 82.3 Å². The summed E-state index contributed by atoms with van der Waals surface area (Å²) in [5.41, 5.74) is 0.258. The normalized spacial score (nSPS) is 45.7. The predicted molar refractivity (Wildman–Crippen MR) is 98.4 cm³/mol. The summed E-state index contributed by atoms with van der Waals surface area (Å²) < 4.78 is 22.5. The third-order valence-electron chi connectivity index (χ3n) is 6.25. The molecule has 4 aliphatic rings. The number of carbonyl (C=O) groups is 3. The monoisotopic (exact) mass is 406 g/mol. The average molecular weight is 406 g/mol. The minimum absolute atomic E-state index is 0.155. The number of hydrogen-bond donors (Lipinski definition) is 1. The first-order valence-electron chi connectivity index (χ1n) is 9.87. The van der Waals surface area contributed by atoms with E-state index in [-0.39, 0.29) is 18.8 Å². The van der Waals surface area contributed by atoms with Crippen molar-refractivity contribution in [1.82, 2.24) is 0 Å². The van der Waals surface area contributed by atoms with Crippen molar-refractivity contribution >= 4 is 17.7 Å². The Morgan fingerprint density at radius 1 is 1.28 bits per heavy atom. The van der Waals surface area contributed by atoms with Gasteiger partial charge in [-0.3, -0.25) is 9.59 Å². The van der Waals surface area contributed by atoms with Crippen molar-refractivity contribution < 1.29 is 38.4 Å². The molecular formula is C21H26O8. The zero-order valence-corrected chi connectivity index (χ0v) is 16.8. The number of fused-ring (bicyclic) bond motifs is 2. The van der Waals surface area contributed by atoms with Gasteiger partial charge in [-0.25, -0.2) is 4.79 Å². The molecule has 4 bridgehead atoms. The summed E-state index contributed by atoms with van der Waals surface area (Å²) in [6.45, 7) is 8.79. The molecule has 0 aromatic heterocycles. The molecule has 8 heteroatoms. The number of esters is 2. The van der Waals surface area contributed by atoms with Crippen LogP contribution in [0.25, 0.3) is 0 Å². The highest BCUT2D eigenvalue weighted by Crippen LogP contribution is 2.56. The number of hydrogen-bond acceptors (Lipinski definition) is 8. The fourth-order valence-corrected chi connectivity index (χ4v) is 4.78. The molecule has 3 saturated heterocycles. The van der Waals surface area contributed by atoms with Crippen LogP contribution in [-0.4, -0.2) is 58.6 Å². The highest BCUT2D eigenvalue weighted by atomic mass is 16.7. The van der Waals surface area contributed by atoms with E-state index in [1.165, 1.54) is 13.0 Å². The van der Waals surface area contributed by atoms with Crippen LogP contribution in [-0.2, 0) is 33.3 Å². The van der Waals surface area contributed by atoms with E-state index in [1.54, 1.807) is 6.92 Å². The smallest absolute Gasteiger partial charge is 0.344 e. The third kappa shape index (κ3) is 3.43. The van der Waals surface area contributed by atoms with Crippen LogP contribution in [0.15, 0.2) is 23.8 Å². The molecular weight excluding hydrogens is 380 g/mol. The van der Waals surface area contributed by atoms with E-state index in [2.05, 4.69) is 6.58 Å². The number of allylic oxidation sites excluding steroid dienone is 1. The number of rotatable bonds is 2. The van der Waals surface area contributed by atoms with Crippen LogP contribution in [0, 0.1) is 5.92 Å². The molecule has 0 aliphatic carbocycles. The number of ether oxygens (including phenoxy) is 4. The lowest BCUT2D eigenvalue weighted by Gasteiger charge is -2.43. The molecule has 0 radical (unpaired) electrons. The summed E-state index contributed by atoms with van der Waals surface area (Å²) in [4.78, 5) is 37.0. The Hall–Kier alpha value is -2.03. The first-order chi connectivity index (χ1) is 13.5. The van der Waals surface area contributed by atoms with Crippen LogP contribution in [0.2, 0.25) is 0 Å². The maximum atomic E-state index is 12.8. The van der Waals surface area contributed by atoms with E-state index < -0.39 is 53.5 Å². The van der Waals surface area contributed by atoms with Gasteiger partial charge >= 0.3 is 11.9 Å². The van der Waals surface area contributed by atoms with Crippen LogP contribution in [0.3, 0.4) is 0 Å². The molecule has 158 valence electrons. The molecule has 0 spiro atoms. The maximum absolute atomic E-state index is 12.8. The van der Waals surface area contributed by atoms with E-state index in [4.69, 9.17) is 18.9 Å². The van der Waals surface area contributed by atoms with Crippen LogP contribution in [0.1, 0.15) is 46.5 Å². The Bertz CT molecular complexity index is 815. The van der Waals surface area contributed by atoms with Gasteiger partial charge in [-0.2, -0.15) is 0 Å². The highest BCUT2D eigenvalue weighted by molar-refractivity contribution is 5.95. The summed E-state index contributed by atoms with van der Waals surface area (Å²) in [7, 11) is 0. The fraction of sp³-hybridized carbons (Fsp3) is 0.667. The second-order valence-electron chi connectivity index (χ2n) is 8.71. The average Bonchev–Trinajstić information content (AvgIpc) is 3.29. The zero-order valence-electron chi connectivity index (χ0n) is 16.8. The van der Waals surface area contributed by atoms with Gasteiger partial charge in [-0.05, 0) is 32.3 Å². The summed E-state index contributed by atoms with van der Waals surface area (Å²) in [6.07, 6.45) is -0.878. The molecule has 0 aromatic rings. The van der Waals surface area contributed by atoms with Gasteiger partial charge in [-0.1, -0.05) is 17.7 Å². The predicted octanol–water partition coefficient (Wildman–Crippen LogP) is 1.35. The van der Waals surface area contributed by atoms with E-state index in [9.17, 15) is 19.5 Å². The maximum Gasteiger partial charge on any atom is 0.344 e. The summed E-state index contributed by atoms with van der Waals surface area (Å²) in [6, 6.07) is 0. The standard InChI is InChI=1S/C21H26O8/c1-10(2)13-7-17-21-18(29-21)15(27-19(21)24)6-11(3)5-14(23)16(26-12(4)22)9-20(25,8-13)28-17/h5,13,15-18,25H,1,6-9H2,2-4H3/b11-5-/t13-,15+,16-,17-,18+,20-,21+/m1/s1. The largest absolute Gasteiger partial charge is 0.457 e. The molecule has 0 unspecified atom stereocenters. The molecule has 4 aliphatic heterocycles. The van der Waals surface area contributed by atoms with Crippen molar-refractivity contribution in [3.8, 4) is 0 Å². The molecule has 4 heterocycles. The second kappa shape index (κ2) is 6.75. The van der Waals surface area contributed by atoms with Crippen molar-refractivity contribution in [3.63, 3.8) is 0 Å². The first kappa shape index (κ1) is 20.3. The van der Waals surface area contributed by atoms with Crippen molar-refractivity contribution in [3.05, 3.63) is 23.8 Å². The molecule has 8 nitrogen and oxygen atoms in total. The molecule has 3 fully saturated rings. The lowest BCUT2D eigenvalue weighted by atomic mass is 9.78. The van der Waals surface area contributed by atoms with Crippen LogP contribution < -0.4 is 0 Å². The van der Waals surface area contributed by atoms with Crippen molar-refractivity contribution in [1.29, 1.82) is 0 Å². The summed E-state index contributed by atoms with van der Waals surface area (Å²) in [5, 5.41) is 11.3. The van der Waals surface area contributed by atoms with E-state index in [1.807, 2.05) is 6.92 Å². The first-order valence-corrected chi connectivity index (χ1v) is 9.87. The number of carbonyl (C=O) groups excluding carboxylic acids is 3. The van der Waals surface area contributed by atoms with Crippen molar-refractivity contribution in [2.24, 2.45) is 5.92 Å². The summed E-state index contributed by atoms with van der Waals surface area (Å²) in [5.74, 6) is -3.52. The molecule has 0 amide bonds. The minimum Gasteiger partial charge on any atom is -0.457 e. The minimum atomic E-state index is -1.78. The second-order valence-corrected chi connectivity index (χ2v) is 8.71. The van der Waals surface area contributed by atoms with E-state index in [0.29, 0.717) is 18.4 Å². The Labute approximate surface area is 168 Å². The van der Waals surface area contributed by atoms with Gasteiger partial charge in [-0.15, -0.1) is 0 Å². The Morgan fingerprint density at radius 2 is 2.00 bits per heavy atom. The number of epoxide rings is 1. The highest BCUT2D eigenvalue weighted by Gasteiger charge is 2.78. The molecule has 29 heavy (non-hydrogen) atoms. The van der Waals surface area contributed by atoms with Gasteiger partial charge in [0.15, 0.2) is 17.7 Å². The molecule has 1 N–H and O–H groups in total. The van der Waals surface area contributed by atoms with Gasteiger partial charge in [0.2, 0.25) is 5.60 Å². The van der Waals surface area contributed by atoms with Gasteiger partial charge in [0.05, 0.1) is 0 Å². The quantitative estimate of drug-likeness (QED) is 0.416. The van der Waals surface area contributed by atoms with Crippen LogP contribution >= 0.6 is 0 Å². The Kier molecular flexibility index (Phi) is 4.72. The molecule has 4 rings (SSSR count). The Morgan fingerprint density at radius 3 is 2.62 bits per heavy atom. The lowest BCUT2D eigenvalue weighted by molar-refractivity contribution is -0.282. The van der Waals surface area contributed by atoms with Crippen LogP contribution in [0.5, 0.6) is 0 Å². The van der Waals surface area contributed by atoms with E-state index in [0.717, 1.165) is 5.57 Å². The Balaban J connectivity index is 1.75.